The van der Waals surface area contributed by atoms with E-state index in [2.05, 4.69) is 5.32 Å². The largest absolute Gasteiger partial charge is 0.347 e. The lowest BCUT2D eigenvalue weighted by molar-refractivity contribution is 0.0938. The van der Waals surface area contributed by atoms with Gasteiger partial charge >= 0.3 is 0 Å². The topological polar surface area (TPSA) is 55.1 Å². The number of hydrogen-bond donors (Lipinski definition) is 2. The molecule has 4 heteroatoms. The van der Waals surface area contributed by atoms with Gasteiger partial charge in [-0.1, -0.05) is 0 Å². The first kappa shape index (κ1) is 10.6. The second-order valence-electron chi connectivity index (χ2n) is 4.09. The highest BCUT2D eigenvalue weighted by Crippen LogP contribution is 2.19. The van der Waals surface area contributed by atoms with Gasteiger partial charge in [0.15, 0.2) is 0 Å². The minimum atomic E-state index is 0.0236. The summed E-state index contributed by atoms with van der Waals surface area (Å²) in [6.07, 6.45) is 3.15. The van der Waals surface area contributed by atoms with Crippen molar-refractivity contribution in [3.05, 3.63) is 21.9 Å². The predicted molar refractivity (Wildman–Crippen MR) is 62.1 cm³/mol. The Morgan fingerprint density at radius 2 is 2.33 bits per heavy atom. The highest BCUT2D eigenvalue weighted by molar-refractivity contribution is 7.13. The predicted octanol–water partition coefficient (Wildman–Crippen LogP) is 1.67. The number of hydrogen-bond acceptors (Lipinski definition) is 3. The Kier molecular flexibility index (Phi) is 3.07. The molecule has 82 valence electrons. The van der Waals surface area contributed by atoms with Gasteiger partial charge in [-0.25, -0.2) is 0 Å². The first-order valence-electron chi connectivity index (χ1n) is 5.29. The summed E-state index contributed by atoms with van der Waals surface area (Å²) < 4.78 is 0. The summed E-state index contributed by atoms with van der Waals surface area (Å²) in [5.74, 6) is 0.0236. The Labute approximate surface area is 93.7 Å². The molecule has 2 atom stereocenters. The van der Waals surface area contributed by atoms with Crippen LogP contribution in [-0.2, 0) is 0 Å². The number of nitrogens with one attached hydrogen (secondary N) is 1. The van der Waals surface area contributed by atoms with Crippen LogP contribution in [-0.4, -0.2) is 18.0 Å². The molecule has 1 aliphatic carbocycles. The molecule has 1 aromatic heterocycles. The van der Waals surface area contributed by atoms with Gasteiger partial charge in [0.1, 0.15) is 0 Å². The van der Waals surface area contributed by atoms with E-state index in [0.29, 0.717) is 0 Å². The van der Waals surface area contributed by atoms with Crippen molar-refractivity contribution in [2.24, 2.45) is 5.73 Å². The minimum absolute atomic E-state index is 0.0236. The van der Waals surface area contributed by atoms with Crippen molar-refractivity contribution in [1.29, 1.82) is 0 Å². The van der Waals surface area contributed by atoms with E-state index in [1.54, 1.807) is 0 Å². The number of rotatable bonds is 2. The number of nitrogens with two attached hydrogens (primary N) is 1. The molecule has 3 nitrogen and oxygen atoms in total. The summed E-state index contributed by atoms with van der Waals surface area (Å²) in [5, 5.41) is 3.00. The quantitative estimate of drug-likeness (QED) is 0.803. The molecule has 1 saturated carbocycles. The fourth-order valence-electron chi connectivity index (χ4n) is 1.96. The van der Waals surface area contributed by atoms with Crippen LogP contribution in [0.2, 0.25) is 0 Å². The summed E-state index contributed by atoms with van der Waals surface area (Å²) >= 11 is 1.53. The fraction of sp³-hybridized carbons (Fsp3) is 0.545. The molecule has 15 heavy (non-hydrogen) atoms. The standard InChI is InChI=1S/C11H16N2OS/c1-7-5-6-10(15-7)11(14)13-9-4-2-3-8(9)12/h5-6,8-9H,2-4,12H2,1H3,(H,13,14). The molecule has 0 aromatic carbocycles. The van der Waals surface area contributed by atoms with E-state index < -0.39 is 0 Å². The average molecular weight is 224 g/mol. The Bertz CT molecular complexity index is 361. The van der Waals surface area contributed by atoms with Crippen molar-refractivity contribution >= 4 is 17.2 Å². The van der Waals surface area contributed by atoms with Gasteiger partial charge < -0.3 is 11.1 Å². The van der Waals surface area contributed by atoms with E-state index in [4.69, 9.17) is 5.73 Å². The van der Waals surface area contributed by atoms with E-state index >= 15 is 0 Å². The molecular weight excluding hydrogens is 208 g/mol. The van der Waals surface area contributed by atoms with Crippen LogP contribution in [0, 0.1) is 6.92 Å². The normalized spacial score (nSPS) is 25.5. The molecule has 0 radical (unpaired) electrons. The second-order valence-corrected chi connectivity index (χ2v) is 5.37. The summed E-state index contributed by atoms with van der Waals surface area (Å²) in [7, 11) is 0. The molecule has 1 aromatic rings. The SMILES string of the molecule is Cc1ccc(C(=O)NC2CCCC2N)s1. The highest BCUT2D eigenvalue weighted by atomic mass is 32.1. The van der Waals surface area contributed by atoms with E-state index in [-0.39, 0.29) is 18.0 Å². The molecular formula is C11H16N2OS. The van der Waals surface area contributed by atoms with E-state index in [9.17, 15) is 4.79 Å². The highest BCUT2D eigenvalue weighted by Gasteiger charge is 2.25. The van der Waals surface area contributed by atoms with Crippen molar-refractivity contribution < 1.29 is 4.79 Å². The third kappa shape index (κ3) is 2.38. The second kappa shape index (κ2) is 4.33. The zero-order chi connectivity index (χ0) is 10.8. The van der Waals surface area contributed by atoms with Crippen molar-refractivity contribution in [1.82, 2.24) is 5.32 Å². The lowest BCUT2D eigenvalue weighted by Crippen LogP contribution is -2.43. The first-order valence-corrected chi connectivity index (χ1v) is 6.11. The lowest BCUT2D eigenvalue weighted by atomic mass is 10.2. The van der Waals surface area contributed by atoms with Crippen LogP contribution in [0.5, 0.6) is 0 Å². The maximum Gasteiger partial charge on any atom is 0.261 e. The zero-order valence-electron chi connectivity index (χ0n) is 8.82. The number of carbonyl (C=O) groups is 1. The van der Waals surface area contributed by atoms with Crippen LogP contribution in [0.15, 0.2) is 12.1 Å². The van der Waals surface area contributed by atoms with Crippen molar-refractivity contribution in [3.63, 3.8) is 0 Å². The van der Waals surface area contributed by atoms with Gasteiger partial charge in [-0.15, -0.1) is 11.3 Å². The smallest absolute Gasteiger partial charge is 0.261 e. The minimum Gasteiger partial charge on any atom is -0.347 e. The third-order valence-electron chi connectivity index (χ3n) is 2.85. The Hall–Kier alpha value is -0.870. The van der Waals surface area contributed by atoms with E-state index in [1.807, 2.05) is 19.1 Å². The molecule has 0 aliphatic heterocycles. The van der Waals surface area contributed by atoms with E-state index in [0.717, 1.165) is 29.0 Å². The van der Waals surface area contributed by atoms with Crippen LogP contribution >= 0.6 is 11.3 Å². The molecule has 1 amide bonds. The van der Waals surface area contributed by atoms with Crippen LogP contribution < -0.4 is 11.1 Å². The van der Waals surface area contributed by atoms with Gasteiger partial charge in [0, 0.05) is 17.0 Å². The average Bonchev–Trinajstić information content (AvgIpc) is 2.77. The Morgan fingerprint density at radius 1 is 1.53 bits per heavy atom. The summed E-state index contributed by atoms with van der Waals surface area (Å²) in [4.78, 5) is 13.8. The van der Waals surface area contributed by atoms with Gasteiger partial charge in [-0.05, 0) is 38.3 Å². The number of thiophene rings is 1. The van der Waals surface area contributed by atoms with Crippen LogP contribution in [0.1, 0.15) is 33.8 Å². The van der Waals surface area contributed by atoms with Crippen LogP contribution in [0.4, 0.5) is 0 Å². The van der Waals surface area contributed by atoms with Gasteiger partial charge in [0.25, 0.3) is 5.91 Å². The molecule has 1 fully saturated rings. The summed E-state index contributed by atoms with van der Waals surface area (Å²) in [5.41, 5.74) is 5.90. The zero-order valence-corrected chi connectivity index (χ0v) is 9.64. The summed E-state index contributed by atoms with van der Waals surface area (Å²) in [6.45, 7) is 2.00. The van der Waals surface area contributed by atoms with Crippen LogP contribution in [0.3, 0.4) is 0 Å². The number of carbonyl (C=O) groups excluding carboxylic acids is 1. The van der Waals surface area contributed by atoms with Gasteiger partial charge in [-0.2, -0.15) is 0 Å². The maximum atomic E-state index is 11.8. The third-order valence-corrected chi connectivity index (χ3v) is 3.85. The van der Waals surface area contributed by atoms with Crippen molar-refractivity contribution in [3.8, 4) is 0 Å². The molecule has 1 aliphatic rings. The van der Waals surface area contributed by atoms with Crippen LogP contribution in [0.25, 0.3) is 0 Å². The number of amides is 1. The van der Waals surface area contributed by atoms with Gasteiger partial charge in [0.05, 0.1) is 4.88 Å². The maximum absolute atomic E-state index is 11.8. The lowest BCUT2D eigenvalue weighted by Gasteiger charge is -2.16. The number of aryl methyl sites for hydroxylation is 1. The van der Waals surface area contributed by atoms with Crippen molar-refractivity contribution in [2.75, 3.05) is 0 Å². The Balaban J connectivity index is 1.97. The molecule has 0 bridgehead atoms. The summed E-state index contributed by atoms with van der Waals surface area (Å²) in [6, 6.07) is 4.14. The molecule has 0 saturated heterocycles. The Morgan fingerprint density at radius 3 is 2.87 bits per heavy atom. The molecule has 2 rings (SSSR count). The molecule has 2 unspecified atom stereocenters. The first-order chi connectivity index (χ1) is 7.16. The van der Waals surface area contributed by atoms with Gasteiger partial charge in [-0.3, -0.25) is 4.79 Å². The molecule has 1 heterocycles. The van der Waals surface area contributed by atoms with Gasteiger partial charge in [0.2, 0.25) is 0 Å². The molecule has 3 N–H and O–H groups in total. The monoisotopic (exact) mass is 224 g/mol. The fourth-order valence-corrected chi connectivity index (χ4v) is 2.73. The van der Waals surface area contributed by atoms with E-state index in [1.165, 1.54) is 11.3 Å². The van der Waals surface area contributed by atoms with Crippen molar-refractivity contribution in [2.45, 2.75) is 38.3 Å². The molecule has 0 spiro atoms.